The molecule has 222 valence electrons. The number of hydrogen-bond donors (Lipinski definition) is 2. The van der Waals surface area contributed by atoms with Crippen molar-refractivity contribution >= 4 is 29.3 Å². The first-order valence-corrected chi connectivity index (χ1v) is 14.9. The standard InChI is InChI=1S/C33H34ClN5O4/c34-25-6-1-23(2-7-25)20-42-27-10-12-28-24(19-27)5-11-29-31(28)36-33(35)37-32(29)39-17-15-38(16-18-39)14-13-22-3-8-26(9-4-22)43-21-30(40)41/h1-4,6-10,12,19H,5,11,13-18,20-21H2,(H,40,41)(H2,35,36,37). The minimum absolute atomic E-state index is 0.294. The number of fused-ring (bicyclic) bond motifs is 3. The molecule has 1 saturated heterocycles. The Kier molecular flexibility index (Phi) is 8.62. The maximum atomic E-state index is 10.7. The molecule has 0 saturated carbocycles. The van der Waals surface area contributed by atoms with Gasteiger partial charge in [-0.05, 0) is 78.4 Å². The molecule has 0 atom stereocenters. The molecule has 0 amide bonds. The second-order valence-corrected chi connectivity index (χ2v) is 11.3. The molecule has 0 bridgehead atoms. The molecule has 0 radical (unpaired) electrons. The molecular formula is C33H34ClN5O4. The summed E-state index contributed by atoms with van der Waals surface area (Å²) in [5.41, 5.74) is 12.9. The van der Waals surface area contributed by atoms with E-state index in [9.17, 15) is 4.79 Å². The van der Waals surface area contributed by atoms with Crippen molar-refractivity contribution in [1.29, 1.82) is 0 Å². The zero-order valence-electron chi connectivity index (χ0n) is 23.8. The summed E-state index contributed by atoms with van der Waals surface area (Å²) in [6, 6.07) is 21.5. The number of carbonyl (C=O) groups is 1. The fraction of sp³-hybridized carbons (Fsp3) is 0.303. The minimum atomic E-state index is -0.982. The van der Waals surface area contributed by atoms with Gasteiger partial charge in [0.25, 0.3) is 0 Å². The fourth-order valence-electron chi connectivity index (χ4n) is 5.68. The lowest BCUT2D eigenvalue weighted by Crippen LogP contribution is -2.47. The number of aryl methyl sites for hydroxylation is 1. The topological polar surface area (TPSA) is 114 Å². The molecule has 2 heterocycles. The maximum Gasteiger partial charge on any atom is 0.341 e. The molecule has 10 heteroatoms. The molecule has 9 nitrogen and oxygen atoms in total. The number of carboxylic acid groups (broad SMARTS) is 1. The molecule has 3 N–H and O–H groups in total. The summed E-state index contributed by atoms with van der Waals surface area (Å²) in [6.07, 6.45) is 2.66. The zero-order chi connectivity index (χ0) is 29.8. The zero-order valence-corrected chi connectivity index (χ0v) is 24.6. The molecule has 4 aromatic rings. The predicted molar refractivity (Wildman–Crippen MR) is 167 cm³/mol. The number of nitrogen functional groups attached to an aromatic ring is 1. The quantitative estimate of drug-likeness (QED) is 0.263. The first-order valence-electron chi connectivity index (χ1n) is 14.5. The molecule has 1 aliphatic carbocycles. The Bertz CT molecular complexity index is 1590. The van der Waals surface area contributed by atoms with Crippen LogP contribution in [0.4, 0.5) is 11.8 Å². The van der Waals surface area contributed by atoms with E-state index in [1.165, 1.54) is 11.1 Å². The van der Waals surface area contributed by atoms with E-state index in [-0.39, 0.29) is 6.61 Å². The predicted octanol–water partition coefficient (Wildman–Crippen LogP) is 4.88. The van der Waals surface area contributed by atoms with Gasteiger partial charge in [-0.25, -0.2) is 9.78 Å². The van der Waals surface area contributed by atoms with Crippen LogP contribution in [0.5, 0.6) is 11.5 Å². The molecule has 1 fully saturated rings. The van der Waals surface area contributed by atoms with Gasteiger partial charge in [0, 0.05) is 48.9 Å². The lowest BCUT2D eigenvalue weighted by molar-refractivity contribution is -0.139. The molecule has 1 aliphatic heterocycles. The molecule has 3 aromatic carbocycles. The number of ether oxygens (including phenoxy) is 2. The highest BCUT2D eigenvalue weighted by Crippen LogP contribution is 2.38. The Balaban J connectivity index is 1.07. The Morgan fingerprint density at radius 1 is 0.884 bits per heavy atom. The van der Waals surface area contributed by atoms with Crippen molar-refractivity contribution in [2.45, 2.75) is 25.9 Å². The summed E-state index contributed by atoms with van der Waals surface area (Å²) in [7, 11) is 0. The number of aliphatic carboxylic acids is 1. The van der Waals surface area contributed by atoms with Crippen LogP contribution in [0.15, 0.2) is 66.7 Å². The van der Waals surface area contributed by atoms with Crippen molar-refractivity contribution in [2.75, 3.05) is 50.0 Å². The molecule has 1 aromatic heterocycles. The van der Waals surface area contributed by atoms with E-state index in [0.717, 1.165) is 85.9 Å². The number of carboxylic acids is 1. The van der Waals surface area contributed by atoms with Crippen LogP contribution in [0.3, 0.4) is 0 Å². The monoisotopic (exact) mass is 599 g/mol. The number of aromatic nitrogens is 2. The highest BCUT2D eigenvalue weighted by molar-refractivity contribution is 6.30. The van der Waals surface area contributed by atoms with Gasteiger partial charge in [-0.1, -0.05) is 35.9 Å². The molecule has 43 heavy (non-hydrogen) atoms. The second-order valence-electron chi connectivity index (χ2n) is 10.9. The summed E-state index contributed by atoms with van der Waals surface area (Å²) in [5, 5.41) is 9.48. The van der Waals surface area contributed by atoms with Crippen molar-refractivity contribution in [1.82, 2.24) is 14.9 Å². The van der Waals surface area contributed by atoms with Gasteiger partial charge in [-0.15, -0.1) is 0 Å². The summed E-state index contributed by atoms with van der Waals surface area (Å²) in [4.78, 5) is 24.9. The van der Waals surface area contributed by atoms with Crippen molar-refractivity contribution in [2.24, 2.45) is 0 Å². The smallest absolute Gasteiger partial charge is 0.341 e. The van der Waals surface area contributed by atoms with Gasteiger partial charge in [0.05, 0.1) is 5.69 Å². The van der Waals surface area contributed by atoms with Gasteiger partial charge >= 0.3 is 5.97 Å². The van der Waals surface area contributed by atoms with Crippen LogP contribution in [-0.2, 0) is 30.7 Å². The van der Waals surface area contributed by atoms with E-state index >= 15 is 0 Å². The van der Waals surface area contributed by atoms with Crippen LogP contribution >= 0.6 is 11.6 Å². The van der Waals surface area contributed by atoms with E-state index in [0.29, 0.717) is 23.3 Å². The Morgan fingerprint density at radius 2 is 1.60 bits per heavy atom. The lowest BCUT2D eigenvalue weighted by Gasteiger charge is -2.37. The van der Waals surface area contributed by atoms with E-state index in [2.05, 4.69) is 26.9 Å². The number of halogens is 1. The molecule has 0 spiro atoms. The number of piperazine rings is 1. The van der Waals surface area contributed by atoms with E-state index < -0.39 is 5.97 Å². The SMILES string of the molecule is Nc1nc2c(c(N3CCN(CCc4ccc(OCC(=O)O)cc4)CC3)n1)CCc1cc(OCc3ccc(Cl)cc3)ccc1-2. The van der Waals surface area contributed by atoms with Crippen LogP contribution in [0, 0.1) is 0 Å². The summed E-state index contributed by atoms with van der Waals surface area (Å²) >= 11 is 6.00. The van der Waals surface area contributed by atoms with Gasteiger partial charge in [0.15, 0.2) is 6.61 Å². The Labute approximate surface area is 255 Å². The summed E-state index contributed by atoms with van der Waals surface area (Å²) in [6.45, 7) is 4.70. The molecule has 0 unspecified atom stereocenters. The summed E-state index contributed by atoms with van der Waals surface area (Å²) < 4.78 is 11.3. The average molecular weight is 600 g/mol. The number of nitrogens with zero attached hydrogens (tertiary/aromatic N) is 4. The van der Waals surface area contributed by atoms with Gasteiger partial charge < -0.3 is 25.2 Å². The number of benzene rings is 3. The van der Waals surface area contributed by atoms with E-state index in [4.69, 9.17) is 36.9 Å². The first kappa shape index (κ1) is 28.8. The fourth-order valence-corrected chi connectivity index (χ4v) is 5.80. The average Bonchev–Trinajstić information content (AvgIpc) is 3.02. The van der Waals surface area contributed by atoms with Crippen LogP contribution in [-0.4, -0.2) is 65.3 Å². The lowest BCUT2D eigenvalue weighted by atomic mass is 9.88. The Hall–Kier alpha value is -4.34. The third-order valence-electron chi connectivity index (χ3n) is 7.97. The molecule has 2 aliphatic rings. The van der Waals surface area contributed by atoms with Crippen LogP contribution in [0.1, 0.15) is 22.3 Å². The van der Waals surface area contributed by atoms with Crippen molar-refractivity contribution in [3.05, 3.63) is 94.0 Å². The van der Waals surface area contributed by atoms with Crippen molar-refractivity contribution in [3.8, 4) is 22.8 Å². The number of nitrogens with two attached hydrogens (primary N) is 1. The van der Waals surface area contributed by atoms with E-state index in [1.807, 2.05) is 54.6 Å². The summed E-state index contributed by atoms with van der Waals surface area (Å²) in [5.74, 6) is 1.66. The van der Waals surface area contributed by atoms with Gasteiger partial charge in [-0.3, -0.25) is 4.90 Å². The minimum Gasteiger partial charge on any atom is -0.489 e. The second kappa shape index (κ2) is 12.9. The first-order chi connectivity index (χ1) is 20.9. The van der Waals surface area contributed by atoms with E-state index in [1.54, 1.807) is 0 Å². The van der Waals surface area contributed by atoms with Crippen molar-refractivity contribution < 1.29 is 19.4 Å². The Morgan fingerprint density at radius 3 is 2.35 bits per heavy atom. The maximum absolute atomic E-state index is 10.7. The third kappa shape index (κ3) is 7.01. The number of anilines is 2. The number of rotatable bonds is 10. The molecule has 6 rings (SSSR count). The van der Waals surface area contributed by atoms with Crippen molar-refractivity contribution in [3.63, 3.8) is 0 Å². The van der Waals surface area contributed by atoms with Gasteiger partial charge in [-0.2, -0.15) is 4.98 Å². The normalized spacial score (nSPS) is 14.6. The van der Waals surface area contributed by atoms with Crippen LogP contribution < -0.4 is 20.1 Å². The molecular weight excluding hydrogens is 566 g/mol. The largest absolute Gasteiger partial charge is 0.489 e. The third-order valence-corrected chi connectivity index (χ3v) is 8.22. The van der Waals surface area contributed by atoms with Gasteiger partial charge in [0.2, 0.25) is 5.95 Å². The highest BCUT2D eigenvalue weighted by Gasteiger charge is 2.27. The van der Waals surface area contributed by atoms with Gasteiger partial charge in [0.1, 0.15) is 23.9 Å². The van der Waals surface area contributed by atoms with Crippen LogP contribution in [0.25, 0.3) is 11.3 Å². The highest BCUT2D eigenvalue weighted by atomic mass is 35.5. The number of hydrogen-bond acceptors (Lipinski definition) is 8. The van der Waals surface area contributed by atoms with Crippen LogP contribution in [0.2, 0.25) is 5.02 Å².